The number of unbranched alkanes of at least 4 members (excludes halogenated alkanes) is 1. The number of carbonyl (C=O) groups excluding carboxylic acids is 1. The predicted molar refractivity (Wildman–Crippen MR) is 118 cm³/mol. The van der Waals surface area contributed by atoms with E-state index >= 15 is 0 Å². The van der Waals surface area contributed by atoms with Crippen LogP contribution >= 0.6 is 11.8 Å². The van der Waals surface area contributed by atoms with E-state index in [-0.39, 0.29) is 11.4 Å². The van der Waals surface area contributed by atoms with E-state index in [1.807, 2.05) is 63.2 Å². The second kappa shape index (κ2) is 9.18. The van der Waals surface area contributed by atoms with Crippen molar-refractivity contribution in [2.75, 3.05) is 25.6 Å². The monoisotopic (exact) mass is 410 g/mol. The van der Waals surface area contributed by atoms with E-state index in [2.05, 4.69) is 17.1 Å². The minimum Gasteiger partial charge on any atom is -0.505 e. The van der Waals surface area contributed by atoms with Crippen molar-refractivity contribution in [1.82, 2.24) is 4.98 Å². The third-order valence-corrected chi connectivity index (χ3v) is 5.53. The zero-order chi connectivity index (χ0) is 21.0. The van der Waals surface area contributed by atoms with E-state index in [0.717, 1.165) is 33.6 Å². The maximum Gasteiger partial charge on any atom is 0.360 e. The number of aromatic nitrogens is 1. The Hall–Kier alpha value is -2.73. The fraction of sp³-hybridized carbons (Fsp3) is 0.304. The van der Waals surface area contributed by atoms with Crippen LogP contribution in [0.15, 0.2) is 52.3 Å². The van der Waals surface area contributed by atoms with Gasteiger partial charge in [-0.2, -0.15) is 0 Å². The van der Waals surface area contributed by atoms with E-state index in [4.69, 9.17) is 4.74 Å². The summed E-state index contributed by atoms with van der Waals surface area (Å²) in [5, 5.41) is 12.3. The number of pyridine rings is 1. The molecule has 0 aliphatic rings. The summed E-state index contributed by atoms with van der Waals surface area (Å²) < 4.78 is 5.29. The van der Waals surface area contributed by atoms with E-state index in [1.54, 1.807) is 11.8 Å². The highest BCUT2D eigenvalue weighted by atomic mass is 32.2. The molecule has 0 atom stereocenters. The van der Waals surface area contributed by atoms with Gasteiger partial charge in [-0.25, -0.2) is 9.78 Å². The van der Waals surface area contributed by atoms with E-state index in [9.17, 15) is 9.90 Å². The molecule has 0 saturated carbocycles. The zero-order valence-electron chi connectivity index (χ0n) is 17.2. The molecule has 29 heavy (non-hydrogen) atoms. The highest BCUT2D eigenvalue weighted by molar-refractivity contribution is 7.99. The molecule has 1 aromatic heterocycles. The Morgan fingerprint density at radius 3 is 2.55 bits per heavy atom. The van der Waals surface area contributed by atoms with Gasteiger partial charge < -0.3 is 14.7 Å². The molecule has 0 fully saturated rings. The van der Waals surface area contributed by atoms with Crippen molar-refractivity contribution >= 4 is 34.3 Å². The first-order valence-electron chi connectivity index (χ1n) is 9.67. The van der Waals surface area contributed by atoms with Gasteiger partial charge in [-0.05, 0) is 43.2 Å². The van der Waals surface area contributed by atoms with Gasteiger partial charge in [0.2, 0.25) is 0 Å². The first-order valence-corrected chi connectivity index (χ1v) is 10.5. The third kappa shape index (κ3) is 4.65. The van der Waals surface area contributed by atoms with Crippen LogP contribution in [0, 0.1) is 6.92 Å². The number of hydrogen-bond donors (Lipinski definition) is 1. The molecule has 0 saturated heterocycles. The smallest absolute Gasteiger partial charge is 0.360 e. The number of nitrogens with zero attached hydrogens (tertiary/aromatic N) is 2. The lowest BCUT2D eigenvalue weighted by Gasteiger charge is -2.19. The number of aryl methyl sites for hydroxylation is 1. The lowest BCUT2D eigenvalue weighted by Crippen LogP contribution is -2.16. The van der Waals surface area contributed by atoms with Gasteiger partial charge in [-0.1, -0.05) is 43.3 Å². The maximum absolute atomic E-state index is 12.5. The Labute approximate surface area is 175 Å². The van der Waals surface area contributed by atoms with Gasteiger partial charge in [0.05, 0.1) is 6.61 Å². The summed E-state index contributed by atoms with van der Waals surface area (Å²) in [6.45, 7) is 4.28. The number of esters is 1. The fourth-order valence-corrected chi connectivity index (χ4v) is 4.10. The Bertz CT molecular complexity index is 1020. The van der Waals surface area contributed by atoms with Crippen LogP contribution in [0.25, 0.3) is 10.8 Å². The van der Waals surface area contributed by atoms with Crippen molar-refractivity contribution in [2.24, 2.45) is 0 Å². The first kappa shape index (κ1) is 21.0. The zero-order valence-corrected chi connectivity index (χ0v) is 18.0. The third-order valence-electron chi connectivity index (χ3n) is 4.56. The molecule has 3 rings (SSSR count). The predicted octanol–water partition coefficient (Wildman–Crippen LogP) is 5.42. The number of aromatic hydroxyl groups is 1. The average molecular weight is 411 g/mol. The Kier molecular flexibility index (Phi) is 6.64. The van der Waals surface area contributed by atoms with Crippen LogP contribution in [0.5, 0.6) is 5.75 Å². The van der Waals surface area contributed by atoms with Crippen LogP contribution in [-0.4, -0.2) is 36.8 Å². The Morgan fingerprint density at radius 1 is 1.17 bits per heavy atom. The topological polar surface area (TPSA) is 62.7 Å². The van der Waals surface area contributed by atoms with Gasteiger partial charge in [0.1, 0.15) is 5.82 Å². The standard InChI is InChI=1S/C23H26N2O3S/c1-5-6-12-28-23(27)20-21(26)19-15(2)13-17(29-16-10-8-7-9-11-16)14-18(19)22(24-20)25(3)4/h7-11,13-14,26H,5-6,12H2,1-4H3. The number of benzene rings is 2. The van der Waals surface area contributed by atoms with Crippen LogP contribution in [0.4, 0.5) is 5.82 Å². The van der Waals surface area contributed by atoms with Crippen molar-refractivity contribution in [3.63, 3.8) is 0 Å². The summed E-state index contributed by atoms with van der Waals surface area (Å²) in [6.07, 6.45) is 1.70. The lowest BCUT2D eigenvalue weighted by molar-refractivity contribution is 0.0490. The minimum atomic E-state index is -0.594. The molecular weight excluding hydrogens is 384 g/mol. The van der Waals surface area contributed by atoms with Crippen molar-refractivity contribution < 1.29 is 14.6 Å². The van der Waals surface area contributed by atoms with Gasteiger partial charge >= 0.3 is 5.97 Å². The van der Waals surface area contributed by atoms with Crippen LogP contribution < -0.4 is 4.90 Å². The summed E-state index contributed by atoms with van der Waals surface area (Å²) in [5.41, 5.74) is 0.843. The molecule has 0 bridgehead atoms. The normalized spacial score (nSPS) is 10.9. The summed E-state index contributed by atoms with van der Waals surface area (Å²) >= 11 is 1.65. The first-order chi connectivity index (χ1) is 13.9. The molecule has 5 nitrogen and oxygen atoms in total. The van der Waals surface area contributed by atoms with Crippen LogP contribution in [0.2, 0.25) is 0 Å². The minimum absolute atomic E-state index is 0.0381. The van der Waals surface area contributed by atoms with Gasteiger partial charge in [-0.15, -0.1) is 0 Å². The Morgan fingerprint density at radius 2 is 1.90 bits per heavy atom. The molecule has 1 heterocycles. The summed E-state index contributed by atoms with van der Waals surface area (Å²) in [5.74, 6) is -0.0946. The molecule has 6 heteroatoms. The van der Waals surface area contributed by atoms with Crippen molar-refractivity contribution in [2.45, 2.75) is 36.5 Å². The van der Waals surface area contributed by atoms with E-state index < -0.39 is 5.97 Å². The summed E-state index contributed by atoms with van der Waals surface area (Å²) in [7, 11) is 3.74. The van der Waals surface area contributed by atoms with E-state index in [0.29, 0.717) is 17.8 Å². The van der Waals surface area contributed by atoms with Gasteiger partial charge in [0.15, 0.2) is 11.4 Å². The SMILES string of the molecule is CCCCOC(=O)c1nc(N(C)C)c2cc(Sc3ccccc3)cc(C)c2c1O. The number of ether oxygens (including phenoxy) is 1. The molecule has 0 spiro atoms. The maximum atomic E-state index is 12.5. The number of hydrogen-bond acceptors (Lipinski definition) is 6. The van der Waals surface area contributed by atoms with E-state index in [1.165, 1.54) is 0 Å². The molecule has 0 amide bonds. The van der Waals surface area contributed by atoms with Crippen molar-refractivity contribution in [3.8, 4) is 5.75 Å². The van der Waals surface area contributed by atoms with Crippen molar-refractivity contribution in [1.29, 1.82) is 0 Å². The molecule has 2 aromatic carbocycles. The Balaban J connectivity index is 2.10. The highest BCUT2D eigenvalue weighted by Crippen LogP contribution is 2.40. The quantitative estimate of drug-likeness (QED) is 0.414. The average Bonchev–Trinajstić information content (AvgIpc) is 2.68. The largest absolute Gasteiger partial charge is 0.505 e. The fourth-order valence-electron chi connectivity index (χ4n) is 3.13. The molecule has 0 radical (unpaired) electrons. The summed E-state index contributed by atoms with van der Waals surface area (Å²) in [6, 6.07) is 14.1. The number of fused-ring (bicyclic) bond motifs is 1. The molecule has 0 unspecified atom stereocenters. The second-order valence-electron chi connectivity index (χ2n) is 7.09. The van der Waals surface area contributed by atoms with Gasteiger partial charge in [0.25, 0.3) is 0 Å². The molecule has 0 aliphatic carbocycles. The van der Waals surface area contributed by atoms with Gasteiger partial charge in [-0.3, -0.25) is 0 Å². The van der Waals surface area contributed by atoms with Crippen LogP contribution in [-0.2, 0) is 4.74 Å². The number of carbonyl (C=O) groups is 1. The summed E-state index contributed by atoms with van der Waals surface area (Å²) in [4.78, 5) is 21.0. The number of anilines is 1. The lowest BCUT2D eigenvalue weighted by atomic mass is 10.0. The molecule has 3 aromatic rings. The van der Waals surface area contributed by atoms with Crippen LogP contribution in [0.1, 0.15) is 35.8 Å². The van der Waals surface area contributed by atoms with Gasteiger partial charge in [0, 0.05) is 34.7 Å². The number of rotatable bonds is 7. The van der Waals surface area contributed by atoms with Crippen molar-refractivity contribution in [3.05, 3.63) is 53.7 Å². The molecular formula is C23H26N2O3S. The molecule has 1 N–H and O–H groups in total. The highest BCUT2D eigenvalue weighted by Gasteiger charge is 2.23. The van der Waals surface area contributed by atoms with Crippen LogP contribution in [0.3, 0.4) is 0 Å². The molecule has 0 aliphatic heterocycles. The molecule has 152 valence electrons. The second-order valence-corrected chi connectivity index (χ2v) is 8.24.